The normalized spacial score (nSPS) is 19.9. The van der Waals surface area contributed by atoms with Crippen molar-refractivity contribution >= 4 is 22.6 Å². The Labute approximate surface area is 236 Å². The summed E-state index contributed by atoms with van der Waals surface area (Å²) in [5.41, 5.74) is 15.8. The smallest absolute Gasteiger partial charge is 1.00 e. The van der Waals surface area contributed by atoms with E-state index in [1.807, 2.05) is 0 Å². The summed E-state index contributed by atoms with van der Waals surface area (Å²) in [6, 6.07) is 21.8. The molecule has 1 fully saturated rings. The molecule has 0 aromatic heterocycles. The fraction of sp³-hybridized carbons (Fsp3) is 0.188. The first-order valence-corrected chi connectivity index (χ1v) is 18.5. The van der Waals surface area contributed by atoms with Crippen molar-refractivity contribution in [2.45, 2.75) is 36.0 Å². The molecule has 0 amide bonds. The summed E-state index contributed by atoms with van der Waals surface area (Å²) in [6.45, 7) is 9.03. The summed E-state index contributed by atoms with van der Waals surface area (Å²) in [5.74, 6) is 0. The van der Waals surface area contributed by atoms with Crippen LogP contribution < -0.4 is 24.8 Å². The van der Waals surface area contributed by atoms with E-state index < -0.39 is 20.3 Å². The first kappa shape index (κ1) is 26.3. The Kier molecular flexibility index (Phi) is 6.72. The molecule has 2 aliphatic carbocycles. The molecule has 3 heterocycles. The monoisotopic (exact) mass is 600 g/mol. The molecule has 0 radical (unpaired) electrons. The molecule has 0 unspecified atom stereocenters. The third-order valence-electron chi connectivity index (χ3n) is 8.14. The average molecular weight is 603 g/mol. The first-order chi connectivity index (χ1) is 17.0. The first-order valence-electron chi connectivity index (χ1n) is 12.6. The Bertz CT molecular complexity index is 1470. The number of benzene rings is 2. The van der Waals surface area contributed by atoms with E-state index in [0.717, 1.165) is 11.4 Å². The van der Waals surface area contributed by atoms with Crippen LogP contribution in [0.15, 0.2) is 123 Å². The number of allylic oxidation sites excluding steroid dienone is 8. The van der Waals surface area contributed by atoms with Gasteiger partial charge < -0.3 is 24.8 Å². The van der Waals surface area contributed by atoms with Gasteiger partial charge in [0.05, 0.1) is 0 Å². The van der Waals surface area contributed by atoms with Gasteiger partial charge in [0, 0.05) is 0 Å². The number of hydrogen-bond donors (Lipinski definition) is 0. The van der Waals surface area contributed by atoms with Crippen LogP contribution in [0, 0.1) is 0 Å². The second kappa shape index (κ2) is 9.46. The molecule has 2 aromatic rings. The summed E-state index contributed by atoms with van der Waals surface area (Å²) < 4.78 is 6.15. The Balaban J connectivity index is 0.00000140. The van der Waals surface area contributed by atoms with Crippen molar-refractivity contribution in [1.82, 2.24) is 0 Å². The standard InChI is InChI=1S/2C15H12N.C2H4.2ClH.Zr/c2*1-10-8-13-14(9-10)16-11(2)15(13)12-6-4-3-5-7-12;1-2;;;/h2*3-7,9H,1-2H3;1-2H2;2*1H;/q;;;;;+2/p-2. The molecule has 2 aromatic carbocycles. The quantitative estimate of drug-likeness (QED) is 0.513. The van der Waals surface area contributed by atoms with Crippen LogP contribution >= 0.6 is 0 Å². The molecule has 0 bridgehead atoms. The molecule has 0 spiro atoms. The number of hydrogen-bond acceptors (Lipinski definition) is 2. The maximum absolute atomic E-state index is 5.07. The average Bonchev–Trinajstić information content (AvgIpc) is 3.17. The van der Waals surface area contributed by atoms with Gasteiger partial charge in [0.2, 0.25) is 0 Å². The number of fused-ring (bicyclic) bond motifs is 2. The zero-order valence-electron chi connectivity index (χ0n) is 21.5. The summed E-state index contributed by atoms with van der Waals surface area (Å²) in [4.78, 5) is 10.1. The minimum Gasteiger partial charge on any atom is -1.00 e. The second-order valence-corrected chi connectivity index (χ2v) is 20.6. The van der Waals surface area contributed by atoms with Crippen LogP contribution in [0.3, 0.4) is 0 Å². The van der Waals surface area contributed by atoms with Crippen LogP contribution in [0.4, 0.5) is 0 Å². The Morgan fingerprint density at radius 1 is 0.541 bits per heavy atom. The van der Waals surface area contributed by atoms with Crippen LogP contribution in [0.25, 0.3) is 11.1 Å². The van der Waals surface area contributed by atoms with E-state index >= 15 is 0 Å². The predicted octanol–water partition coefficient (Wildman–Crippen LogP) is 2.20. The third kappa shape index (κ3) is 3.77. The van der Waals surface area contributed by atoms with Crippen LogP contribution in [0.5, 0.6) is 0 Å². The van der Waals surface area contributed by atoms with Crippen molar-refractivity contribution < 1.29 is 45.1 Å². The van der Waals surface area contributed by atoms with E-state index in [9.17, 15) is 0 Å². The minimum absolute atomic E-state index is 0. The maximum atomic E-state index is 5.07. The molecule has 5 aliphatic rings. The molecule has 1 saturated heterocycles. The predicted molar refractivity (Wildman–Crippen MR) is 144 cm³/mol. The Morgan fingerprint density at radius 3 is 1.27 bits per heavy atom. The fourth-order valence-electron chi connectivity index (χ4n) is 6.77. The molecule has 7 rings (SSSR count). The van der Waals surface area contributed by atoms with Crippen molar-refractivity contribution in [3.63, 3.8) is 0 Å². The van der Waals surface area contributed by atoms with Gasteiger partial charge >= 0.3 is 213 Å². The van der Waals surface area contributed by atoms with Gasteiger partial charge in [-0.3, -0.25) is 0 Å². The van der Waals surface area contributed by atoms with E-state index in [4.69, 9.17) is 9.98 Å². The summed E-state index contributed by atoms with van der Waals surface area (Å²) in [7, 11) is 0. The molecule has 0 N–H and O–H groups in total. The van der Waals surface area contributed by atoms with Gasteiger partial charge in [-0.25, -0.2) is 0 Å². The van der Waals surface area contributed by atoms with Crippen molar-refractivity contribution in [2.24, 2.45) is 9.98 Å². The van der Waals surface area contributed by atoms with E-state index in [0.29, 0.717) is 0 Å². The third-order valence-corrected chi connectivity index (χ3v) is 19.7. The Hall–Kier alpha value is -2.32. The molecule has 0 saturated carbocycles. The number of aliphatic imine (C=N–C) groups is 2. The molecule has 2 nitrogen and oxygen atoms in total. The van der Waals surface area contributed by atoms with Gasteiger partial charge in [0.1, 0.15) is 0 Å². The van der Waals surface area contributed by atoms with Crippen molar-refractivity contribution in [1.29, 1.82) is 0 Å². The van der Waals surface area contributed by atoms with Gasteiger partial charge in [-0.05, 0) is 0 Å². The van der Waals surface area contributed by atoms with Crippen molar-refractivity contribution in [2.75, 3.05) is 0 Å². The molecule has 184 valence electrons. The van der Waals surface area contributed by atoms with E-state index in [1.54, 1.807) is 6.56 Å². The van der Waals surface area contributed by atoms with Crippen LogP contribution in [0.2, 0.25) is 8.26 Å². The van der Waals surface area contributed by atoms with Gasteiger partial charge in [0.25, 0.3) is 0 Å². The van der Waals surface area contributed by atoms with Gasteiger partial charge in [0.15, 0.2) is 0 Å². The van der Waals surface area contributed by atoms with E-state index in [2.05, 4.69) is 101 Å². The number of nitrogens with zero attached hydrogens (tertiary/aromatic N) is 2. The van der Waals surface area contributed by atoms with Crippen molar-refractivity contribution in [3.8, 4) is 0 Å². The molecular formula is C32H28Cl2N2Zr. The van der Waals surface area contributed by atoms with Crippen LogP contribution in [-0.2, 0) is 20.3 Å². The van der Waals surface area contributed by atoms with E-state index in [1.165, 1.54) is 64.2 Å². The topological polar surface area (TPSA) is 24.7 Å². The van der Waals surface area contributed by atoms with Gasteiger partial charge in [-0.2, -0.15) is 0 Å². The summed E-state index contributed by atoms with van der Waals surface area (Å²) in [5, 5.41) is 0. The fourth-order valence-corrected chi connectivity index (χ4v) is 21.8. The molecule has 37 heavy (non-hydrogen) atoms. The van der Waals surface area contributed by atoms with Crippen LogP contribution in [0.1, 0.15) is 38.8 Å². The summed E-state index contributed by atoms with van der Waals surface area (Å²) in [6.07, 6.45) is 4.73. The minimum atomic E-state index is -2.89. The molecule has 0 atom stereocenters. The van der Waals surface area contributed by atoms with Gasteiger partial charge in [-0.1, -0.05) is 0 Å². The van der Waals surface area contributed by atoms with Crippen LogP contribution in [-0.4, -0.2) is 11.4 Å². The Morgan fingerprint density at radius 2 is 0.919 bits per heavy atom. The second-order valence-electron chi connectivity index (χ2n) is 10.4. The molecule has 3 aliphatic heterocycles. The largest absolute Gasteiger partial charge is 1.00 e. The maximum Gasteiger partial charge on any atom is -1.00 e. The SMILES string of the molecule is CC1=NC2=CC(C)=[C]([Zr+2]3([C]4=C(C)C=C5N=C(C)C(c6ccccc6)=C54)[CH2][CH2]3)C2=C1c1ccccc1.[Cl-].[Cl-]. The summed E-state index contributed by atoms with van der Waals surface area (Å²) >= 11 is -2.89. The number of halogens is 2. The molecule has 5 heteroatoms. The van der Waals surface area contributed by atoms with Crippen molar-refractivity contribution in [3.05, 3.63) is 124 Å². The molecular weight excluding hydrogens is 574 g/mol. The van der Waals surface area contributed by atoms with Gasteiger partial charge in [-0.15, -0.1) is 0 Å². The van der Waals surface area contributed by atoms with E-state index in [-0.39, 0.29) is 24.8 Å². The zero-order valence-corrected chi connectivity index (χ0v) is 25.5. The number of rotatable bonds is 4. The zero-order chi connectivity index (χ0) is 23.9.